The molecule has 0 spiro atoms. The average molecular weight is 895 g/mol. The number of aliphatic hydroxyl groups excluding tert-OH is 14. The summed E-state index contributed by atoms with van der Waals surface area (Å²) in [6, 6.07) is -3.24. The highest BCUT2D eigenvalue weighted by atomic mass is 16.8. The Morgan fingerprint density at radius 2 is 0.885 bits per heavy atom. The highest BCUT2D eigenvalue weighted by molar-refractivity contribution is 5.73. The van der Waals surface area contributed by atoms with Gasteiger partial charge in [-0.2, -0.15) is 0 Å². The highest BCUT2D eigenvalue weighted by Gasteiger charge is 2.57. The highest BCUT2D eigenvalue weighted by Crippen LogP contribution is 2.36. The molecule has 0 unspecified atom stereocenters. The fraction of sp³-hybridized carbons (Fsp3) is 0.941. The lowest BCUT2D eigenvalue weighted by Crippen LogP contribution is -2.70. The van der Waals surface area contributed by atoms with E-state index in [-0.39, 0.29) is 0 Å². The van der Waals surface area contributed by atoms with Crippen LogP contribution in [0.15, 0.2) is 0 Å². The number of aliphatic hydroxyl groups is 14. The molecule has 5 aliphatic rings. The molecule has 0 aliphatic carbocycles. The van der Waals surface area contributed by atoms with Crippen molar-refractivity contribution in [2.75, 3.05) is 26.4 Å². The summed E-state index contributed by atoms with van der Waals surface area (Å²) in [6.45, 7) is -0.281. The molecule has 27 heteroatoms. The fourth-order valence-corrected chi connectivity index (χ4v) is 7.76. The van der Waals surface area contributed by atoms with Crippen LogP contribution < -0.4 is 10.6 Å². The Balaban J connectivity index is 1.44. The number of amides is 2. The van der Waals surface area contributed by atoms with Crippen LogP contribution in [0.3, 0.4) is 0 Å². The van der Waals surface area contributed by atoms with Gasteiger partial charge in [0.1, 0.15) is 116 Å². The van der Waals surface area contributed by atoms with Gasteiger partial charge in [-0.05, 0) is 6.92 Å². The topological polar surface area (TPSA) is 424 Å². The summed E-state index contributed by atoms with van der Waals surface area (Å²) in [6.07, 6.45) is -41.4. The number of ether oxygens (including phenoxy) is 9. The first kappa shape index (κ1) is 50.0. The summed E-state index contributed by atoms with van der Waals surface area (Å²) in [7, 11) is 0. The molecular weight excluding hydrogens is 836 g/mol. The van der Waals surface area contributed by atoms with Crippen molar-refractivity contribution in [1.29, 1.82) is 0 Å². The fourth-order valence-electron chi connectivity index (χ4n) is 7.76. The number of hydrogen-bond acceptors (Lipinski definition) is 25. The number of carbonyl (C=O) groups is 2. The Kier molecular flexibility index (Phi) is 17.5. The largest absolute Gasteiger partial charge is 0.394 e. The molecule has 25 atom stereocenters. The molecule has 0 aromatic carbocycles. The smallest absolute Gasteiger partial charge is 0.217 e. The monoisotopic (exact) mass is 894 g/mol. The zero-order valence-electron chi connectivity index (χ0n) is 33.0. The molecule has 5 heterocycles. The van der Waals surface area contributed by atoms with E-state index in [4.69, 9.17) is 42.6 Å². The van der Waals surface area contributed by atoms with Crippen molar-refractivity contribution in [3.63, 3.8) is 0 Å². The molecule has 5 saturated heterocycles. The average Bonchev–Trinajstić information content (AvgIpc) is 3.21. The van der Waals surface area contributed by atoms with Crippen LogP contribution in [0.25, 0.3) is 0 Å². The maximum Gasteiger partial charge on any atom is 0.217 e. The third kappa shape index (κ3) is 10.8. The Morgan fingerprint density at radius 1 is 0.426 bits per heavy atom. The Hall–Kier alpha value is -1.98. The van der Waals surface area contributed by atoms with Gasteiger partial charge in [0, 0.05) is 13.8 Å². The van der Waals surface area contributed by atoms with Crippen LogP contribution in [0.2, 0.25) is 0 Å². The number of rotatable bonds is 14. The minimum Gasteiger partial charge on any atom is -0.394 e. The predicted molar refractivity (Wildman–Crippen MR) is 188 cm³/mol. The van der Waals surface area contributed by atoms with Gasteiger partial charge in [0.25, 0.3) is 0 Å². The standard InChI is InChI=1S/C34H58N2O25/c1-8-17(43)22(48)24(50)32(53-8)61-29-23(49)18(44)11(4-37)57-34(29)59-27-16(36-10(3)42)31(55-12(5-38)19(27)45)60-28-20(46)13(6-39)56-33(25(28)51)58-26-14(7-40)54-30(52)15(21(26)47)35-9(2)41/h8,11-34,37-40,43-52H,4-7H2,1-3H3,(H,35,41)(H,36,42)/t8-,11+,12+,13+,14+,15+,16+,17+,18-,19+,20-,21+,22+,23-,24-,25+,26+,27+,28-,29+,30+,31-,32-,33-,34-/m0/s1. The minimum atomic E-state index is -2.12. The molecule has 61 heavy (non-hydrogen) atoms. The van der Waals surface area contributed by atoms with Gasteiger partial charge in [0.2, 0.25) is 11.8 Å². The van der Waals surface area contributed by atoms with Gasteiger partial charge in [0.15, 0.2) is 31.5 Å². The van der Waals surface area contributed by atoms with Crippen molar-refractivity contribution in [3.8, 4) is 0 Å². The molecule has 0 bridgehead atoms. The van der Waals surface area contributed by atoms with Crippen molar-refractivity contribution in [1.82, 2.24) is 10.6 Å². The summed E-state index contributed by atoms with van der Waals surface area (Å²) in [5, 5.41) is 154. The van der Waals surface area contributed by atoms with Crippen LogP contribution in [0, 0.1) is 0 Å². The lowest BCUT2D eigenvalue weighted by molar-refractivity contribution is -0.389. The van der Waals surface area contributed by atoms with E-state index < -0.39 is 192 Å². The van der Waals surface area contributed by atoms with Crippen molar-refractivity contribution >= 4 is 11.8 Å². The molecular formula is C34H58N2O25. The Labute approximate surface area is 346 Å². The zero-order valence-corrected chi connectivity index (χ0v) is 33.0. The van der Waals surface area contributed by atoms with E-state index in [1.807, 2.05) is 0 Å². The van der Waals surface area contributed by atoms with Crippen molar-refractivity contribution in [3.05, 3.63) is 0 Å². The first-order valence-corrected chi connectivity index (χ1v) is 19.5. The van der Waals surface area contributed by atoms with Gasteiger partial charge in [0.05, 0.1) is 32.5 Å². The second-order valence-corrected chi connectivity index (χ2v) is 15.4. The summed E-state index contributed by atoms with van der Waals surface area (Å²) < 4.78 is 51.4. The Bertz CT molecular complexity index is 1420. The number of carbonyl (C=O) groups excluding carboxylic acids is 2. The van der Waals surface area contributed by atoms with Crippen LogP contribution in [0.1, 0.15) is 20.8 Å². The first-order valence-electron chi connectivity index (χ1n) is 19.5. The molecule has 27 nitrogen and oxygen atoms in total. The molecule has 5 rings (SSSR count). The van der Waals surface area contributed by atoms with E-state index in [0.29, 0.717) is 0 Å². The summed E-state index contributed by atoms with van der Waals surface area (Å²) in [5.74, 6) is -1.52. The molecule has 2 amide bonds. The van der Waals surface area contributed by atoms with Crippen LogP contribution in [-0.4, -0.2) is 263 Å². The third-order valence-corrected chi connectivity index (χ3v) is 11.1. The molecule has 0 aromatic heterocycles. The maximum absolute atomic E-state index is 12.7. The number of hydrogen-bond donors (Lipinski definition) is 16. The van der Waals surface area contributed by atoms with Gasteiger partial charge in [-0.25, -0.2) is 0 Å². The van der Waals surface area contributed by atoms with Gasteiger partial charge < -0.3 is 125 Å². The van der Waals surface area contributed by atoms with E-state index in [0.717, 1.165) is 13.8 Å². The molecule has 5 fully saturated rings. The zero-order chi connectivity index (χ0) is 45.2. The van der Waals surface area contributed by atoms with E-state index in [1.54, 1.807) is 0 Å². The molecule has 0 saturated carbocycles. The number of nitrogens with one attached hydrogen (secondary N) is 2. The summed E-state index contributed by atoms with van der Waals surface area (Å²) >= 11 is 0. The van der Waals surface area contributed by atoms with Gasteiger partial charge in [-0.1, -0.05) is 0 Å². The van der Waals surface area contributed by atoms with Crippen LogP contribution >= 0.6 is 0 Å². The quantitative estimate of drug-likeness (QED) is 0.0770. The SMILES string of the molecule is CC(=O)N[C@@H]1[C@@H](O)[C@H](O[C@@H]2O[C@H](CO)[C@H](O)[C@H](O[C@@H]3O[C@H](CO)[C@@H](O)[C@H](O[C@@H]4O[C@H](CO)[C@H](O)[C@H](O)[C@H]4O[C@@H]4O[C@@H](C)[C@@H](O)[C@@H](O)[C@@H]4O)[C@H]3NC(C)=O)[C@H]2O)[C@@H](CO)O[C@H]1O. The summed E-state index contributed by atoms with van der Waals surface area (Å²) in [4.78, 5) is 24.4. The predicted octanol–water partition coefficient (Wildman–Crippen LogP) is -10.6. The van der Waals surface area contributed by atoms with Gasteiger partial charge >= 0.3 is 0 Å². The van der Waals surface area contributed by atoms with Crippen molar-refractivity contribution in [2.24, 2.45) is 0 Å². The van der Waals surface area contributed by atoms with E-state index in [2.05, 4.69) is 10.6 Å². The molecule has 354 valence electrons. The van der Waals surface area contributed by atoms with E-state index in [9.17, 15) is 81.1 Å². The second-order valence-electron chi connectivity index (χ2n) is 15.4. The Morgan fingerprint density at radius 3 is 1.46 bits per heavy atom. The second kappa shape index (κ2) is 21.3. The minimum absolute atomic E-state index is 0.694. The first-order chi connectivity index (χ1) is 28.8. The summed E-state index contributed by atoms with van der Waals surface area (Å²) in [5.41, 5.74) is 0. The van der Waals surface area contributed by atoms with Gasteiger partial charge in [-0.3, -0.25) is 9.59 Å². The molecule has 0 aromatic rings. The maximum atomic E-state index is 12.7. The normalized spacial score (nSPS) is 49.6. The van der Waals surface area contributed by atoms with Crippen LogP contribution in [-0.2, 0) is 52.2 Å². The van der Waals surface area contributed by atoms with Gasteiger partial charge in [-0.15, -0.1) is 0 Å². The van der Waals surface area contributed by atoms with Crippen molar-refractivity contribution < 1.29 is 124 Å². The molecule has 5 aliphatic heterocycles. The lowest BCUT2D eigenvalue weighted by Gasteiger charge is -2.51. The van der Waals surface area contributed by atoms with E-state index >= 15 is 0 Å². The third-order valence-electron chi connectivity index (χ3n) is 11.1. The molecule has 0 radical (unpaired) electrons. The van der Waals surface area contributed by atoms with Crippen LogP contribution in [0.4, 0.5) is 0 Å². The van der Waals surface area contributed by atoms with Crippen LogP contribution in [0.5, 0.6) is 0 Å². The lowest BCUT2D eigenvalue weighted by atomic mass is 9.94. The molecule has 16 N–H and O–H groups in total. The van der Waals surface area contributed by atoms with E-state index in [1.165, 1.54) is 6.92 Å². The van der Waals surface area contributed by atoms with Crippen molar-refractivity contribution in [2.45, 2.75) is 174 Å².